The molecule has 2 aliphatic rings. The number of unbranched alkanes of at least 4 members (excludes halogenated alkanes) is 6. The van der Waals surface area contributed by atoms with Gasteiger partial charge in [-0.25, -0.2) is 14.4 Å². The van der Waals surface area contributed by atoms with Gasteiger partial charge >= 0.3 is 17.9 Å². The van der Waals surface area contributed by atoms with E-state index in [4.69, 9.17) is 33.2 Å². The summed E-state index contributed by atoms with van der Waals surface area (Å²) in [6.45, 7) is 9.61. The minimum Gasteiger partial charge on any atom is -0.494 e. The van der Waals surface area contributed by atoms with Gasteiger partial charge in [0.15, 0.2) is 6.10 Å². The lowest BCUT2D eigenvalue weighted by Crippen LogP contribution is -2.32. The molecule has 4 rings (SSSR count). The van der Waals surface area contributed by atoms with Crippen molar-refractivity contribution in [3.8, 4) is 11.5 Å². The molecule has 4 atom stereocenters. The van der Waals surface area contributed by atoms with Gasteiger partial charge < -0.3 is 33.2 Å². The first-order valence-corrected chi connectivity index (χ1v) is 17.8. The maximum absolute atomic E-state index is 12.6. The Labute approximate surface area is 301 Å². The van der Waals surface area contributed by atoms with Gasteiger partial charge in [0.1, 0.15) is 17.6 Å². The van der Waals surface area contributed by atoms with Crippen molar-refractivity contribution < 1.29 is 47.5 Å². The van der Waals surface area contributed by atoms with Crippen molar-refractivity contribution in [2.75, 3.05) is 39.6 Å². The minimum absolute atomic E-state index is 0.0557. The summed E-state index contributed by atoms with van der Waals surface area (Å²) in [5.41, 5.74) is 1.90. The smallest absolute Gasteiger partial charge is 0.331 e. The predicted octanol–water partition coefficient (Wildman–Crippen LogP) is 7.08. The zero-order valence-corrected chi connectivity index (χ0v) is 29.3. The molecule has 2 aromatic rings. The van der Waals surface area contributed by atoms with Crippen LogP contribution in [0.5, 0.6) is 11.5 Å². The van der Waals surface area contributed by atoms with Crippen LogP contribution in [-0.2, 0) is 38.1 Å². The van der Waals surface area contributed by atoms with Gasteiger partial charge in [-0.05, 0) is 92.8 Å². The molecular formula is C41H50O10. The largest absolute Gasteiger partial charge is 0.494 e. The highest BCUT2D eigenvalue weighted by Gasteiger charge is 2.48. The molecule has 0 saturated carbocycles. The Bertz CT molecular complexity index is 1450. The highest BCUT2D eigenvalue weighted by Crippen LogP contribution is 2.34. The summed E-state index contributed by atoms with van der Waals surface area (Å²) in [7, 11) is 0. The highest BCUT2D eigenvalue weighted by atomic mass is 16.6. The molecule has 2 saturated heterocycles. The second kappa shape index (κ2) is 22.2. The Morgan fingerprint density at radius 3 is 1.63 bits per heavy atom. The van der Waals surface area contributed by atoms with Crippen molar-refractivity contribution in [3.05, 3.63) is 97.1 Å². The molecule has 51 heavy (non-hydrogen) atoms. The van der Waals surface area contributed by atoms with Crippen LogP contribution in [0.1, 0.15) is 62.5 Å². The standard InChI is InChI=1S/C41H50O10/c1-3-37(42)47-27-11-7-5-9-25-45-34-20-14-31(15-21-34)13-19-33-29-49-41-36(30-50-40(33)41)51-39(44)24-18-32-16-22-35(23-17-32)46-26-10-6-8-12-28-48-38(43)4-2/h3-4,13-24,33,36,40-41H,1-2,5-12,25-30H2/b19-13?,24-18+/t33-,36-,40-,41-/m1/s1. The lowest BCUT2D eigenvalue weighted by atomic mass is 9.99. The number of esters is 3. The van der Waals surface area contributed by atoms with E-state index in [1.165, 1.54) is 18.2 Å². The Balaban J connectivity index is 1.08. The van der Waals surface area contributed by atoms with Gasteiger partial charge in [0.2, 0.25) is 0 Å². The Kier molecular flexibility index (Phi) is 17.0. The third-order valence-corrected chi connectivity index (χ3v) is 8.46. The Morgan fingerprint density at radius 2 is 1.10 bits per heavy atom. The number of hydrogen-bond donors (Lipinski definition) is 0. The van der Waals surface area contributed by atoms with Gasteiger partial charge in [0, 0.05) is 24.1 Å². The minimum atomic E-state index is -0.463. The van der Waals surface area contributed by atoms with Gasteiger partial charge in [0.05, 0.1) is 45.7 Å². The molecule has 0 radical (unpaired) electrons. The number of fused-ring (bicyclic) bond motifs is 1. The van der Waals surface area contributed by atoms with E-state index < -0.39 is 12.1 Å². The first-order valence-electron chi connectivity index (χ1n) is 17.8. The van der Waals surface area contributed by atoms with E-state index in [1.54, 1.807) is 6.08 Å². The fourth-order valence-electron chi connectivity index (χ4n) is 5.66. The van der Waals surface area contributed by atoms with Crippen molar-refractivity contribution in [3.63, 3.8) is 0 Å². The molecule has 274 valence electrons. The number of carbonyl (C=O) groups is 3. The Hall–Kier alpha value is -4.67. The van der Waals surface area contributed by atoms with Crippen LogP contribution >= 0.6 is 0 Å². The summed E-state index contributed by atoms with van der Waals surface area (Å²) in [4.78, 5) is 34.7. The normalized spacial score (nSPS) is 19.5. The maximum atomic E-state index is 12.6. The molecule has 0 aromatic heterocycles. The lowest BCUT2D eigenvalue weighted by molar-refractivity contribution is -0.147. The first-order chi connectivity index (χ1) is 24.9. The summed E-state index contributed by atoms with van der Waals surface area (Å²) < 4.78 is 39.3. The molecule has 2 fully saturated rings. The molecular weight excluding hydrogens is 652 g/mol. The van der Waals surface area contributed by atoms with Crippen LogP contribution in [0.2, 0.25) is 0 Å². The van der Waals surface area contributed by atoms with Crippen molar-refractivity contribution in [1.82, 2.24) is 0 Å². The second-order valence-corrected chi connectivity index (χ2v) is 12.3. The van der Waals surface area contributed by atoms with Crippen LogP contribution in [0, 0.1) is 5.92 Å². The van der Waals surface area contributed by atoms with Crippen LogP contribution in [0.15, 0.2) is 86.0 Å². The monoisotopic (exact) mass is 702 g/mol. The number of rotatable bonds is 23. The zero-order chi connectivity index (χ0) is 36.1. The molecule has 0 aliphatic carbocycles. The number of ether oxygens (including phenoxy) is 7. The molecule has 0 unspecified atom stereocenters. The first kappa shape index (κ1) is 39.1. The fraction of sp³-hybridized carbons (Fsp3) is 0.439. The maximum Gasteiger partial charge on any atom is 0.331 e. The summed E-state index contributed by atoms with van der Waals surface area (Å²) in [5, 5.41) is 0. The summed E-state index contributed by atoms with van der Waals surface area (Å²) >= 11 is 0. The van der Waals surface area contributed by atoms with Gasteiger partial charge in [0.25, 0.3) is 0 Å². The van der Waals surface area contributed by atoms with Crippen LogP contribution in [0.25, 0.3) is 12.2 Å². The lowest BCUT2D eigenvalue weighted by Gasteiger charge is -2.15. The molecule has 0 spiro atoms. The van der Waals surface area contributed by atoms with E-state index in [0.717, 1.165) is 74.0 Å². The second-order valence-electron chi connectivity index (χ2n) is 12.3. The molecule has 10 nitrogen and oxygen atoms in total. The quantitative estimate of drug-likeness (QED) is 0.0515. The van der Waals surface area contributed by atoms with Gasteiger partial charge in [-0.2, -0.15) is 0 Å². The summed E-state index contributed by atoms with van der Waals surface area (Å²) in [5.74, 6) is 0.429. The highest BCUT2D eigenvalue weighted by molar-refractivity contribution is 5.87. The summed E-state index contributed by atoms with van der Waals surface area (Å²) in [6, 6.07) is 15.5. The zero-order valence-electron chi connectivity index (χ0n) is 29.3. The van der Waals surface area contributed by atoms with Crippen LogP contribution in [-0.4, -0.2) is 75.9 Å². The number of benzene rings is 2. The SMILES string of the molecule is C=CC(=O)OCCCCCCOc1ccc(C=C[C@@H]2CO[C@H]3[C@@H]2OC[C@H]3OC(=O)/C=C/c2ccc(OCCCCCCOC(=O)C=C)cc2)cc1. The van der Waals surface area contributed by atoms with Crippen molar-refractivity contribution in [1.29, 1.82) is 0 Å². The van der Waals surface area contributed by atoms with E-state index in [2.05, 4.69) is 25.3 Å². The fourth-order valence-corrected chi connectivity index (χ4v) is 5.66. The molecule has 2 aliphatic heterocycles. The average Bonchev–Trinajstić information content (AvgIpc) is 3.75. The molecule has 10 heteroatoms. The third-order valence-electron chi connectivity index (χ3n) is 8.46. The number of carbonyl (C=O) groups excluding carboxylic acids is 3. The van der Waals surface area contributed by atoms with Gasteiger partial charge in [-0.1, -0.05) is 49.6 Å². The predicted molar refractivity (Wildman–Crippen MR) is 194 cm³/mol. The van der Waals surface area contributed by atoms with E-state index in [1.807, 2.05) is 48.5 Å². The van der Waals surface area contributed by atoms with Crippen molar-refractivity contribution in [2.45, 2.75) is 69.7 Å². The Morgan fingerprint density at radius 1 is 0.608 bits per heavy atom. The van der Waals surface area contributed by atoms with E-state index in [0.29, 0.717) is 39.6 Å². The van der Waals surface area contributed by atoms with E-state index >= 15 is 0 Å². The molecule has 2 heterocycles. The summed E-state index contributed by atoms with van der Waals surface area (Å²) in [6.07, 6.45) is 16.1. The third kappa shape index (κ3) is 14.2. The van der Waals surface area contributed by atoms with Crippen LogP contribution in [0.4, 0.5) is 0 Å². The molecule has 2 aromatic carbocycles. The van der Waals surface area contributed by atoms with Gasteiger partial charge in [-0.15, -0.1) is 0 Å². The van der Waals surface area contributed by atoms with Gasteiger partial charge in [-0.3, -0.25) is 0 Å². The molecule has 0 N–H and O–H groups in total. The molecule has 0 bridgehead atoms. The topological polar surface area (TPSA) is 116 Å². The van der Waals surface area contributed by atoms with Crippen molar-refractivity contribution in [2.24, 2.45) is 5.92 Å². The van der Waals surface area contributed by atoms with E-state index in [9.17, 15) is 14.4 Å². The van der Waals surface area contributed by atoms with Crippen LogP contribution in [0.3, 0.4) is 0 Å². The number of hydrogen-bond acceptors (Lipinski definition) is 10. The van der Waals surface area contributed by atoms with E-state index in [-0.39, 0.29) is 30.1 Å². The van der Waals surface area contributed by atoms with Crippen molar-refractivity contribution >= 4 is 30.1 Å². The van der Waals surface area contributed by atoms with Crippen LogP contribution < -0.4 is 9.47 Å². The average molecular weight is 703 g/mol. The molecule has 0 amide bonds.